The highest BCUT2D eigenvalue weighted by Crippen LogP contribution is 2.19. The molecule has 0 radical (unpaired) electrons. The van der Waals surface area contributed by atoms with Crippen molar-refractivity contribution in [1.82, 2.24) is 13.5 Å². The number of carbonyl (C=O) groups is 1. The Bertz CT molecular complexity index is 773. The van der Waals surface area contributed by atoms with Gasteiger partial charge in [0.2, 0.25) is 0 Å². The molecule has 27 heavy (non-hydrogen) atoms. The molecule has 2 aliphatic heterocycles. The minimum Gasteiger partial charge on any atom is -0.373 e. The van der Waals surface area contributed by atoms with Gasteiger partial charge in [-0.3, -0.25) is 0 Å². The molecule has 1 aromatic carbocycles. The van der Waals surface area contributed by atoms with Gasteiger partial charge in [-0.1, -0.05) is 12.1 Å². The lowest BCUT2D eigenvalue weighted by atomic mass is 10.3. The lowest BCUT2D eigenvalue weighted by Crippen LogP contribution is -2.58. The Morgan fingerprint density at radius 2 is 1.67 bits per heavy atom. The number of ether oxygens (including phenoxy) is 1. The van der Waals surface area contributed by atoms with E-state index in [2.05, 4.69) is 5.32 Å². The molecule has 2 heterocycles. The molecular weight excluding hydrogens is 375 g/mol. The van der Waals surface area contributed by atoms with Crippen LogP contribution in [0.1, 0.15) is 13.8 Å². The molecule has 0 bridgehead atoms. The van der Waals surface area contributed by atoms with Gasteiger partial charge in [0.05, 0.1) is 17.9 Å². The van der Waals surface area contributed by atoms with Crippen LogP contribution in [0.3, 0.4) is 0 Å². The Hall–Kier alpha value is -1.75. The first kappa shape index (κ1) is 20.0. The summed E-state index contributed by atoms with van der Waals surface area (Å²) < 4.78 is 47.8. The summed E-state index contributed by atoms with van der Waals surface area (Å²) in [6.07, 6.45) is -0.312. The van der Waals surface area contributed by atoms with Gasteiger partial charge in [-0.25, -0.2) is 9.18 Å². The van der Waals surface area contributed by atoms with Crippen LogP contribution in [0.25, 0.3) is 0 Å². The Morgan fingerprint density at radius 1 is 1.07 bits per heavy atom. The molecule has 0 aliphatic carbocycles. The van der Waals surface area contributed by atoms with Gasteiger partial charge in [-0.2, -0.15) is 17.0 Å². The van der Waals surface area contributed by atoms with Crippen LogP contribution in [0, 0.1) is 5.82 Å². The molecule has 10 heteroatoms. The first-order valence-electron chi connectivity index (χ1n) is 8.98. The van der Waals surface area contributed by atoms with Crippen LogP contribution < -0.4 is 5.32 Å². The largest absolute Gasteiger partial charge is 0.373 e. The van der Waals surface area contributed by atoms with Crippen molar-refractivity contribution >= 4 is 21.9 Å². The minimum atomic E-state index is -3.60. The van der Waals surface area contributed by atoms with Gasteiger partial charge in [-0.05, 0) is 26.0 Å². The number of amides is 2. The van der Waals surface area contributed by atoms with Crippen molar-refractivity contribution in [3.8, 4) is 0 Å². The van der Waals surface area contributed by atoms with Gasteiger partial charge in [0.1, 0.15) is 5.82 Å². The molecule has 1 aromatic rings. The highest BCUT2D eigenvalue weighted by molar-refractivity contribution is 7.86. The number of nitrogens with one attached hydrogen (secondary N) is 1. The molecular formula is C17H25FN4O4S. The zero-order chi connectivity index (χ0) is 19.6. The zero-order valence-electron chi connectivity index (χ0n) is 15.5. The van der Waals surface area contributed by atoms with Crippen molar-refractivity contribution in [3.63, 3.8) is 0 Å². The average molecular weight is 400 g/mol. The van der Waals surface area contributed by atoms with Crippen LogP contribution in [0.5, 0.6) is 0 Å². The van der Waals surface area contributed by atoms with E-state index in [4.69, 9.17) is 4.74 Å². The number of carbonyl (C=O) groups excluding carboxylic acids is 1. The third kappa shape index (κ3) is 4.57. The Morgan fingerprint density at radius 3 is 2.26 bits per heavy atom. The first-order valence-corrected chi connectivity index (χ1v) is 10.4. The fourth-order valence-corrected chi connectivity index (χ4v) is 5.11. The van der Waals surface area contributed by atoms with E-state index in [1.54, 1.807) is 12.1 Å². The van der Waals surface area contributed by atoms with Gasteiger partial charge in [0.15, 0.2) is 0 Å². The van der Waals surface area contributed by atoms with E-state index in [-0.39, 0.29) is 44.1 Å². The van der Waals surface area contributed by atoms with E-state index in [0.717, 1.165) is 0 Å². The molecule has 2 saturated heterocycles. The van der Waals surface area contributed by atoms with Crippen LogP contribution in [0.15, 0.2) is 24.3 Å². The van der Waals surface area contributed by atoms with Gasteiger partial charge >= 0.3 is 6.03 Å². The van der Waals surface area contributed by atoms with Crippen LogP contribution in [-0.2, 0) is 14.9 Å². The van der Waals surface area contributed by atoms with Gasteiger partial charge in [0.25, 0.3) is 10.2 Å². The number of benzene rings is 1. The van der Waals surface area contributed by atoms with E-state index in [0.29, 0.717) is 13.1 Å². The second-order valence-electron chi connectivity index (χ2n) is 6.88. The summed E-state index contributed by atoms with van der Waals surface area (Å²) in [6, 6.07) is 5.49. The molecule has 0 saturated carbocycles. The number of morpholine rings is 1. The maximum atomic E-state index is 13.7. The van der Waals surface area contributed by atoms with Crippen LogP contribution in [0.2, 0.25) is 0 Å². The smallest absolute Gasteiger partial charge is 0.322 e. The number of anilines is 1. The van der Waals surface area contributed by atoms with Crippen LogP contribution in [-0.4, -0.2) is 79.4 Å². The topological polar surface area (TPSA) is 82.2 Å². The predicted molar refractivity (Wildman–Crippen MR) is 99.1 cm³/mol. The minimum absolute atomic E-state index is 0.105. The lowest BCUT2D eigenvalue weighted by molar-refractivity contribution is -0.0456. The lowest BCUT2D eigenvalue weighted by Gasteiger charge is -2.40. The normalized spacial score (nSPS) is 25.4. The molecule has 2 aliphatic rings. The summed E-state index contributed by atoms with van der Waals surface area (Å²) in [5, 5.41) is 2.53. The molecule has 8 nitrogen and oxygen atoms in total. The molecule has 150 valence electrons. The molecule has 2 atom stereocenters. The van der Waals surface area contributed by atoms with E-state index < -0.39 is 22.1 Å². The van der Waals surface area contributed by atoms with E-state index >= 15 is 0 Å². The number of hydrogen-bond acceptors (Lipinski definition) is 4. The van der Waals surface area contributed by atoms with Crippen molar-refractivity contribution in [1.29, 1.82) is 0 Å². The van der Waals surface area contributed by atoms with Gasteiger partial charge in [-0.15, -0.1) is 0 Å². The number of rotatable bonds is 3. The zero-order valence-corrected chi connectivity index (χ0v) is 16.3. The molecule has 2 fully saturated rings. The summed E-state index contributed by atoms with van der Waals surface area (Å²) in [6.45, 7) is 5.23. The molecule has 3 rings (SSSR count). The molecule has 2 amide bonds. The highest BCUT2D eigenvalue weighted by Gasteiger charge is 2.37. The summed E-state index contributed by atoms with van der Waals surface area (Å²) in [5.41, 5.74) is 0.105. The van der Waals surface area contributed by atoms with Crippen molar-refractivity contribution in [2.45, 2.75) is 26.1 Å². The number of piperazine rings is 1. The van der Waals surface area contributed by atoms with Crippen molar-refractivity contribution in [2.75, 3.05) is 44.6 Å². The summed E-state index contributed by atoms with van der Waals surface area (Å²) in [4.78, 5) is 13.8. The van der Waals surface area contributed by atoms with E-state index in [1.165, 1.54) is 25.6 Å². The Kier molecular flexibility index (Phi) is 5.99. The highest BCUT2D eigenvalue weighted by atomic mass is 32.2. The SMILES string of the molecule is C[C@@H]1CN(S(=O)(=O)N2CCN(C(=O)Nc3ccccc3F)CC2)C[C@H](C)O1. The second-order valence-corrected chi connectivity index (χ2v) is 8.81. The van der Waals surface area contributed by atoms with E-state index in [1.807, 2.05) is 13.8 Å². The van der Waals surface area contributed by atoms with Gasteiger partial charge in [0, 0.05) is 39.3 Å². The second kappa shape index (κ2) is 8.09. The van der Waals surface area contributed by atoms with Crippen LogP contribution in [0.4, 0.5) is 14.9 Å². The third-order valence-corrected chi connectivity index (χ3v) is 6.65. The van der Waals surface area contributed by atoms with Gasteiger partial charge < -0.3 is 15.0 Å². The monoisotopic (exact) mass is 400 g/mol. The fourth-order valence-electron chi connectivity index (χ4n) is 3.36. The van der Waals surface area contributed by atoms with Crippen LogP contribution >= 0.6 is 0 Å². The Labute approximate surface area is 159 Å². The van der Waals surface area contributed by atoms with E-state index in [9.17, 15) is 17.6 Å². The summed E-state index contributed by atoms with van der Waals surface area (Å²) in [5.74, 6) is -0.511. The average Bonchev–Trinajstić information content (AvgIpc) is 2.63. The predicted octanol–water partition coefficient (Wildman–Crippen LogP) is 1.33. The number of para-hydroxylation sites is 1. The van der Waals surface area contributed by atoms with Crippen molar-refractivity contribution in [3.05, 3.63) is 30.1 Å². The number of urea groups is 1. The van der Waals surface area contributed by atoms with Crippen molar-refractivity contribution < 1.29 is 22.3 Å². The third-order valence-electron chi connectivity index (χ3n) is 4.68. The maximum Gasteiger partial charge on any atom is 0.322 e. The number of nitrogens with zero attached hydrogens (tertiary/aromatic N) is 3. The molecule has 1 N–H and O–H groups in total. The standard InChI is InChI=1S/C17H25FN4O4S/c1-13-11-22(12-14(2)26-13)27(24,25)21-9-7-20(8-10-21)17(23)19-16-6-4-3-5-15(16)18/h3-6,13-14H,7-12H2,1-2H3,(H,19,23)/t13-,14+. The van der Waals surface area contributed by atoms with Crippen molar-refractivity contribution in [2.24, 2.45) is 0 Å². The fraction of sp³-hybridized carbons (Fsp3) is 0.588. The maximum absolute atomic E-state index is 13.7. The quantitative estimate of drug-likeness (QED) is 0.830. The Balaban J connectivity index is 1.58. The summed E-state index contributed by atoms with van der Waals surface area (Å²) in [7, 11) is -3.60. The summed E-state index contributed by atoms with van der Waals surface area (Å²) >= 11 is 0. The molecule has 0 aromatic heterocycles. The molecule has 0 spiro atoms. The molecule has 0 unspecified atom stereocenters. The number of hydrogen-bond donors (Lipinski definition) is 1. The first-order chi connectivity index (χ1) is 12.8. The number of halogens is 1.